The van der Waals surface area contributed by atoms with E-state index in [-0.39, 0.29) is 36.3 Å². The van der Waals surface area contributed by atoms with Gasteiger partial charge >= 0.3 is 6.18 Å². The second-order valence-electron chi connectivity index (χ2n) is 5.96. The van der Waals surface area contributed by atoms with Gasteiger partial charge in [-0.1, -0.05) is 6.07 Å². The van der Waals surface area contributed by atoms with Gasteiger partial charge in [0, 0.05) is 12.6 Å². The fourth-order valence-electron chi connectivity index (χ4n) is 2.31. The van der Waals surface area contributed by atoms with Crippen molar-refractivity contribution in [3.63, 3.8) is 0 Å². The summed E-state index contributed by atoms with van der Waals surface area (Å²) in [5.41, 5.74) is 1.20. The highest BCUT2D eigenvalue weighted by Gasteiger charge is 2.29. The number of hydrogen-bond donors (Lipinski definition) is 2. The Bertz CT molecular complexity index is 829. The van der Waals surface area contributed by atoms with Crippen molar-refractivity contribution in [2.45, 2.75) is 19.0 Å². The second kappa shape index (κ2) is 10.3. The van der Waals surface area contributed by atoms with Gasteiger partial charge in [0.2, 0.25) is 11.8 Å². The highest BCUT2D eigenvalue weighted by atomic mass is 19.4. The molecule has 0 fully saturated rings. The minimum Gasteiger partial charge on any atom is -0.493 e. The predicted octanol–water partition coefficient (Wildman–Crippen LogP) is 2.72. The fourth-order valence-corrected chi connectivity index (χ4v) is 2.31. The van der Waals surface area contributed by atoms with Gasteiger partial charge in [-0.05, 0) is 36.2 Å². The van der Waals surface area contributed by atoms with E-state index in [1.807, 2.05) is 0 Å². The number of carbonyl (C=O) groups is 2. The number of anilines is 1. The van der Waals surface area contributed by atoms with Gasteiger partial charge in [0.15, 0.2) is 18.1 Å². The minimum absolute atomic E-state index is 0.0369. The number of aryl methyl sites for hydroxylation is 1. The average Bonchev–Trinajstić information content (AvgIpc) is 2.69. The number of nitrogens with one attached hydrogen (secondary N) is 2. The van der Waals surface area contributed by atoms with Gasteiger partial charge in [-0.15, -0.1) is 0 Å². The Morgan fingerprint density at radius 3 is 2.59 bits per heavy atom. The number of hydrogen-bond acceptors (Lipinski definition) is 5. The molecule has 0 unspecified atom stereocenters. The van der Waals surface area contributed by atoms with Crippen LogP contribution in [-0.4, -0.2) is 43.2 Å². The predicted molar refractivity (Wildman–Crippen MR) is 98.7 cm³/mol. The summed E-state index contributed by atoms with van der Waals surface area (Å²) in [6.45, 7) is -1.62. The lowest BCUT2D eigenvalue weighted by atomic mass is 10.1. The monoisotopic (exact) mass is 411 g/mol. The van der Waals surface area contributed by atoms with E-state index in [1.165, 1.54) is 25.4 Å². The van der Waals surface area contributed by atoms with Crippen LogP contribution in [0.5, 0.6) is 11.5 Å². The molecule has 0 atom stereocenters. The summed E-state index contributed by atoms with van der Waals surface area (Å²) in [5.74, 6) is -0.630. The number of methoxy groups -OCH3 is 1. The summed E-state index contributed by atoms with van der Waals surface area (Å²) in [6.07, 6.45) is -1.00. The van der Waals surface area contributed by atoms with E-state index in [4.69, 9.17) is 9.47 Å². The van der Waals surface area contributed by atoms with E-state index in [9.17, 15) is 22.8 Å². The highest BCUT2D eigenvalue weighted by Crippen LogP contribution is 2.30. The van der Waals surface area contributed by atoms with E-state index in [2.05, 4.69) is 15.6 Å². The van der Waals surface area contributed by atoms with Crippen LogP contribution in [0.2, 0.25) is 0 Å². The summed E-state index contributed by atoms with van der Waals surface area (Å²) in [6, 6.07) is 7.76. The first kappa shape index (κ1) is 22.0. The van der Waals surface area contributed by atoms with Gasteiger partial charge in [-0.25, -0.2) is 0 Å². The molecule has 2 N–H and O–H groups in total. The van der Waals surface area contributed by atoms with Crippen molar-refractivity contribution in [2.24, 2.45) is 0 Å². The number of carbonyl (C=O) groups excluding carboxylic acids is 2. The largest absolute Gasteiger partial charge is 0.493 e. The third-order valence-electron chi connectivity index (χ3n) is 3.65. The van der Waals surface area contributed by atoms with Crippen molar-refractivity contribution in [2.75, 3.05) is 25.6 Å². The quantitative estimate of drug-likeness (QED) is 0.662. The van der Waals surface area contributed by atoms with Gasteiger partial charge < -0.3 is 20.1 Å². The smallest absolute Gasteiger partial charge is 0.422 e. The van der Waals surface area contributed by atoms with Crippen molar-refractivity contribution < 1.29 is 32.2 Å². The maximum atomic E-state index is 12.3. The molecule has 2 amide bonds. The number of alkyl halides is 3. The Morgan fingerprint density at radius 1 is 1.14 bits per heavy atom. The van der Waals surface area contributed by atoms with Crippen LogP contribution in [0.25, 0.3) is 0 Å². The van der Waals surface area contributed by atoms with Gasteiger partial charge in [0.05, 0.1) is 25.5 Å². The van der Waals surface area contributed by atoms with Crippen molar-refractivity contribution in [1.29, 1.82) is 0 Å². The molecule has 0 bridgehead atoms. The van der Waals surface area contributed by atoms with Gasteiger partial charge in [-0.2, -0.15) is 13.2 Å². The number of benzene rings is 1. The van der Waals surface area contributed by atoms with E-state index in [0.717, 1.165) is 0 Å². The molecule has 2 aromatic rings. The van der Waals surface area contributed by atoms with Crippen molar-refractivity contribution in [3.8, 4) is 11.5 Å². The SMILES string of the molecule is COc1cc(CCC(=O)NCC(=O)Nc2cccnc2)ccc1OCC(F)(F)F. The average molecular weight is 411 g/mol. The number of halogens is 3. The summed E-state index contributed by atoms with van der Waals surface area (Å²) >= 11 is 0. The molecule has 0 spiro atoms. The standard InChI is InChI=1S/C19H20F3N3O4/c1-28-16-9-13(4-6-15(16)29-12-19(20,21)22)5-7-17(26)24-11-18(27)25-14-3-2-8-23-10-14/h2-4,6,8-10H,5,7,11-12H2,1H3,(H,24,26)(H,25,27). The first-order valence-corrected chi connectivity index (χ1v) is 8.60. The normalized spacial score (nSPS) is 10.9. The van der Waals surface area contributed by atoms with E-state index in [0.29, 0.717) is 17.7 Å². The molecule has 0 radical (unpaired) electrons. The van der Waals surface area contributed by atoms with Crippen LogP contribution in [0, 0.1) is 0 Å². The fraction of sp³-hybridized carbons (Fsp3) is 0.316. The summed E-state index contributed by atoms with van der Waals surface area (Å²) in [7, 11) is 1.31. The zero-order valence-electron chi connectivity index (χ0n) is 15.6. The molecule has 0 aliphatic heterocycles. The van der Waals surface area contributed by atoms with Gasteiger partial charge in [0.25, 0.3) is 0 Å². The molecule has 2 rings (SSSR count). The zero-order chi connectivity index (χ0) is 21.3. The number of aromatic nitrogens is 1. The summed E-state index contributed by atoms with van der Waals surface area (Å²) in [4.78, 5) is 27.6. The summed E-state index contributed by atoms with van der Waals surface area (Å²) < 4.78 is 46.6. The maximum Gasteiger partial charge on any atom is 0.422 e. The molecule has 0 aliphatic rings. The first-order chi connectivity index (χ1) is 13.8. The zero-order valence-corrected chi connectivity index (χ0v) is 15.6. The van der Waals surface area contributed by atoms with Crippen LogP contribution >= 0.6 is 0 Å². The maximum absolute atomic E-state index is 12.3. The van der Waals surface area contributed by atoms with Crippen LogP contribution < -0.4 is 20.1 Å². The van der Waals surface area contributed by atoms with Crippen LogP contribution in [0.4, 0.5) is 18.9 Å². The number of pyridine rings is 1. The van der Waals surface area contributed by atoms with Crippen molar-refractivity contribution in [3.05, 3.63) is 48.3 Å². The molecule has 1 aromatic carbocycles. The topological polar surface area (TPSA) is 89.5 Å². The molecule has 10 heteroatoms. The van der Waals surface area contributed by atoms with E-state index < -0.39 is 12.8 Å². The van der Waals surface area contributed by atoms with Crippen LogP contribution in [0.3, 0.4) is 0 Å². The molecule has 1 aromatic heterocycles. The third kappa shape index (κ3) is 8.08. The Balaban J connectivity index is 1.79. The number of nitrogens with zero attached hydrogens (tertiary/aromatic N) is 1. The lowest BCUT2D eigenvalue weighted by molar-refractivity contribution is -0.153. The lowest BCUT2D eigenvalue weighted by Gasteiger charge is -2.13. The molecule has 29 heavy (non-hydrogen) atoms. The lowest BCUT2D eigenvalue weighted by Crippen LogP contribution is -2.32. The minimum atomic E-state index is -4.45. The molecular formula is C19H20F3N3O4. The molecular weight excluding hydrogens is 391 g/mol. The first-order valence-electron chi connectivity index (χ1n) is 8.60. The Morgan fingerprint density at radius 2 is 1.93 bits per heavy atom. The van der Waals surface area contributed by atoms with Crippen LogP contribution in [0.15, 0.2) is 42.7 Å². The number of amides is 2. The second-order valence-corrected chi connectivity index (χ2v) is 5.96. The Hall–Kier alpha value is -3.30. The van der Waals surface area contributed by atoms with Crippen LogP contribution in [0.1, 0.15) is 12.0 Å². The molecule has 1 heterocycles. The summed E-state index contributed by atoms with van der Waals surface area (Å²) in [5, 5.41) is 5.09. The Labute approximate surface area is 165 Å². The molecule has 0 saturated carbocycles. The molecule has 0 saturated heterocycles. The van der Waals surface area contributed by atoms with E-state index >= 15 is 0 Å². The number of rotatable bonds is 9. The highest BCUT2D eigenvalue weighted by molar-refractivity contribution is 5.94. The van der Waals surface area contributed by atoms with Crippen molar-refractivity contribution >= 4 is 17.5 Å². The van der Waals surface area contributed by atoms with Crippen molar-refractivity contribution in [1.82, 2.24) is 10.3 Å². The molecule has 0 aliphatic carbocycles. The third-order valence-corrected chi connectivity index (χ3v) is 3.65. The van der Waals surface area contributed by atoms with Crippen LogP contribution in [-0.2, 0) is 16.0 Å². The number of ether oxygens (including phenoxy) is 2. The van der Waals surface area contributed by atoms with Gasteiger partial charge in [-0.3, -0.25) is 14.6 Å². The van der Waals surface area contributed by atoms with E-state index in [1.54, 1.807) is 24.4 Å². The molecule has 156 valence electrons. The Kier molecular flexibility index (Phi) is 7.81. The molecule has 7 nitrogen and oxygen atoms in total. The van der Waals surface area contributed by atoms with Gasteiger partial charge in [0.1, 0.15) is 0 Å².